The maximum Gasteiger partial charge on any atom is 0.305 e. The van der Waals surface area contributed by atoms with Crippen molar-refractivity contribution in [2.75, 3.05) is 7.11 Å². The predicted octanol–water partition coefficient (Wildman–Crippen LogP) is 9.80. The summed E-state index contributed by atoms with van der Waals surface area (Å²) in [7, 11) is -2.65. The predicted molar refractivity (Wildman–Crippen MR) is 186 cm³/mol. The molecule has 254 valence electrons. The molecule has 0 amide bonds. The van der Waals surface area contributed by atoms with Gasteiger partial charge in [-0.05, 0) is 128 Å². The zero-order chi connectivity index (χ0) is 33.3. The monoisotopic (exact) mass is 648 g/mol. The third-order valence-corrected chi connectivity index (χ3v) is 23.7. The molecule has 0 aromatic heterocycles. The van der Waals surface area contributed by atoms with E-state index in [2.05, 4.69) is 88.5 Å². The van der Waals surface area contributed by atoms with Crippen LogP contribution in [0.3, 0.4) is 0 Å². The summed E-state index contributed by atoms with van der Waals surface area (Å²) in [5, 5.41) is 0.208. The van der Waals surface area contributed by atoms with Crippen LogP contribution in [0.15, 0.2) is 0 Å². The van der Waals surface area contributed by atoms with Gasteiger partial charge in [0.15, 0.2) is 22.4 Å². The molecule has 4 rings (SSSR count). The molecule has 0 aromatic carbocycles. The minimum atomic E-state index is -2.20. The van der Waals surface area contributed by atoms with E-state index >= 15 is 4.79 Å². The Kier molecular flexibility index (Phi) is 10.1. The molecule has 0 radical (unpaired) electrons. The van der Waals surface area contributed by atoms with Gasteiger partial charge in [-0.3, -0.25) is 9.59 Å². The van der Waals surface area contributed by atoms with Gasteiger partial charge in [0.25, 0.3) is 0 Å². The number of Topliss-reactive ketones (excluding diaryl/α,β-unsaturated/α-hetero) is 1. The lowest BCUT2D eigenvalue weighted by molar-refractivity contribution is -0.181. The van der Waals surface area contributed by atoms with Crippen LogP contribution in [0.2, 0.25) is 36.3 Å². The molecule has 0 aliphatic heterocycles. The summed E-state index contributed by atoms with van der Waals surface area (Å²) in [6.07, 6.45) is 9.04. The van der Waals surface area contributed by atoms with E-state index in [1.807, 2.05) is 0 Å². The van der Waals surface area contributed by atoms with Crippen LogP contribution in [0.25, 0.3) is 0 Å². The Bertz CT molecular complexity index is 1070. The molecule has 0 heterocycles. The molecule has 4 aliphatic rings. The van der Waals surface area contributed by atoms with Gasteiger partial charge in [0.1, 0.15) is 6.10 Å². The first-order valence-corrected chi connectivity index (χ1v) is 23.8. The molecule has 0 aromatic rings. The molecule has 0 unspecified atom stereocenters. The fourth-order valence-electron chi connectivity index (χ4n) is 9.88. The Morgan fingerprint density at radius 2 is 1.39 bits per heavy atom. The third kappa shape index (κ3) is 6.35. The molecule has 7 heteroatoms. The fourth-order valence-corrected chi connectivity index (χ4v) is 12.6. The molecule has 0 N–H and O–H groups in total. The summed E-state index contributed by atoms with van der Waals surface area (Å²) in [6, 6.07) is 0. The summed E-state index contributed by atoms with van der Waals surface area (Å²) in [4.78, 5) is 27.1. The summed E-state index contributed by atoms with van der Waals surface area (Å²) < 4.78 is 19.4. The first kappa shape index (κ1) is 36.3. The molecule has 4 saturated carbocycles. The topological polar surface area (TPSA) is 61.8 Å². The number of rotatable bonds is 8. The maximum atomic E-state index is 15.1. The smallest absolute Gasteiger partial charge is 0.305 e. The number of carbonyl (C=O) groups excluding carboxylic acids is 2. The first-order chi connectivity index (χ1) is 20.0. The highest BCUT2D eigenvalue weighted by Gasteiger charge is 2.66. The Morgan fingerprint density at radius 3 is 1.95 bits per heavy atom. The highest BCUT2D eigenvalue weighted by atomic mass is 28.4. The molecule has 44 heavy (non-hydrogen) atoms. The van der Waals surface area contributed by atoms with Gasteiger partial charge in [-0.25, -0.2) is 0 Å². The van der Waals surface area contributed by atoms with Crippen molar-refractivity contribution < 1.29 is 23.2 Å². The second kappa shape index (κ2) is 12.2. The van der Waals surface area contributed by atoms with E-state index in [9.17, 15) is 4.79 Å². The number of carbonyl (C=O) groups is 2. The second-order valence-corrected chi connectivity index (χ2v) is 28.7. The lowest BCUT2D eigenvalue weighted by Crippen LogP contribution is -2.65. The van der Waals surface area contributed by atoms with Gasteiger partial charge in [-0.2, -0.15) is 0 Å². The molecule has 0 spiro atoms. The zero-order valence-electron chi connectivity index (χ0n) is 31.0. The SMILES string of the molecule is COC(=O)CC[C@@H](C)[C@H]1CC[C@H]2[C@@H]3C(=O)[C@H](O[Si](C)(C)C(C)(C)C)[C@@H]4C[C@H](O[Si](C)(C)C(C)(C)C)CC[C@]4(C)[C@H]3CC[C@]12C. The average Bonchev–Trinajstić information content (AvgIpc) is 3.25. The number of methoxy groups -OCH3 is 1. The van der Waals surface area contributed by atoms with Gasteiger partial charge in [-0.1, -0.05) is 62.3 Å². The van der Waals surface area contributed by atoms with Crippen molar-refractivity contribution in [2.45, 2.75) is 169 Å². The lowest BCUT2D eigenvalue weighted by Gasteiger charge is -2.63. The van der Waals surface area contributed by atoms with Crippen molar-refractivity contribution in [3.63, 3.8) is 0 Å². The summed E-state index contributed by atoms with van der Waals surface area (Å²) >= 11 is 0. The van der Waals surface area contributed by atoms with Crippen LogP contribution in [-0.4, -0.2) is 47.7 Å². The van der Waals surface area contributed by atoms with Gasteiger partial charge >= 0.3 is 5.97 Å². The number of fused-ring (bicyclic) bond motifs is 5. The minimum Gasteiger partial charge on any atom is -0.469 e. The quantitative estimate of drug-likeness (QED) is 0.194. The van der Waals surface area contributed by atoms with E-state index in [4.69, 9.17) is 13.6 Å². The average molecular weight is 649 g/mol. The van der Waals surface area contributed by atoms with Crippen LogP contribution in [0.4, 0.5) is 0 Å². The normalized spacial score (nSPS) is 38.9. The van der Waals surface area contributed by atoms with E-state index in [0.29, 0.717) is 35.9 Å². The molecular weight excluding hydrogens is 581 g/mol. The number of hydrogen-bond acceptors (Lipinski definition) is 5. The zero-order valence-corrected chi connectivity index (χ0v) is 33.0. The number of hydrogen-bond donors (Lipinski definition) is 0. The van der Waals surface area contributed by atoms with Gasteiger partial charge in [-0.15, -0.1) is 0 Å². The van der Waals surface area contributed by atoms with Gasteiger partial charge in [0.2, 0.25) is 0 Å². The Hall–Kier alpha value is -0.506. The molecule has 5 nitrogen and oxygen atoms in total. The van der Waals surface area contributed by atoms with Gasteiger partial charge < -0.3 is 13.6 Å². The Labute approximate surface area is 273 Å². The largest absolute Gasteiger partial charge is 0.469 e. The van der Waals surface area contributed by atoms with Crippen molar-refractivity contribution in [2.24, 2.45) is 46.3 Å². The van der Waals surface area contributed by atoms with Crippen LogP contribution < -0.4 is 0 Å². The summed E-state index contributed by atoms with van der Waals surface area (Å²) in [5.41, 5.74) is 0.231. The van der Waals surface area contributed by atoms with Gasteiger partial charge in [0, 0.05) is 18.4 Å². The van der Waals surface area contributed by atoms with Crippen LogP contribution in [0, 0.1) is 46.3 Å². The van der Waals surface area contributed by atoms with E-state index in [0.717, 1.165) is 44.9 Å². The Morgan fingerprint density at radius 1 is 0.841 bits per heavy atom. The van der Waals surface area contributed by atoms with Crippen molar-refractivity contribution in [3.8, 4) is 0 Å². The molecule has 4 aliphatic carbocycles. The number of esters is 1. The van der Waals surface area contributed by atoms with Crippen LogP contribution in [-0.2, 0) is 23.2 Å². The van der Waals surface area contributed by atoms with Crippen molar-refractivity contribution in [1.29, 1.82) is 0 Å². The lowest BCUT2D eigenvalue weighted by atomic mass is 9.43. The third-order valence-electron chi connectivity index (χ3n) is 14.7. The minimum absolute atomic E-state index is 0.0425. The van der Waals surface area contributed by atoms with E-state index < -0.39 is 16.6 Å². The highest BCUT2D eigenvalue weighted by Crippen LogP contribution is 2.68. The fraction of sp³-hybridized carbons (Fsp3) is 0.946. The molecular formula is C37H68O5Si2. The van der Waals surface area contributed by atoms with E-state index in [1.54, 1.807) is 0 Å². The van der Waals surface area contributed by atoms with Crippen molar-refractivity contribution in [3.05, 3.63) is 0 Å². The van der Waals surface area contributed by atoms with Crippen molar-refractivity contribution >= 4 is 28.4 Å². The standard InChI is InChI=1S/C37H68O5Si2/c1-24(15-18-30(38)40-10)26-16-17-27-31-28(20-22-36(26,27)8)37(9)21-19-25(41-43(11,12)34(2,3)4)23-29(37)33(32(31)39)42-44(13,14)35(5,6)7/h24-29,31,33H,15-23H2,1-14H3/t24-,25-,26-,27+,28+,29+,31+,33-,36-,37-/m1/s1. The molecule has 10 atom stereocenters. The summed E-state index contributed by atoms with van der Waals surface area (Å²) in [6.45, 7) is 30.7. The van der Waals surface area contributed by atoms with Crippen molar-refractivity contribution in [1.82, 2.24) is 0 Å². The molecule has 0 bridgehead atoms. The molecule has 4 fully saturated rings. The van der Waals surface area contributed by atoms with Crippen LogP contribution in [0.1, 0.15) is 120 Å². The van der Waals surface area contributed by atoms with Crippen LogP contribution in [0.5, 0.6) is 0 Å². The number of ether oxygens (including phenoxy) is 1. The highest BCUT2D eigenvalue weighted by molar-refractivity contribution is 6.74. The summed E-state index contributed by atoms with van der Waals surface area (Å²) in [5.74, 6) is 2.44. The van der Waals surface area contributed by atoms with Crippen LogP contribution >= 0.6 is 0 Å². The Balaban J connectivity index is 1.68. The molecule has 0 saturated heterocycles. The van der Waals surface area contributed by atoms with E-state index in [-0.39, 0.29) is 50.9 Å². The first-order valence-electron chi connectivity index (χ1n) is 18.0. The van der Waals surface area contributed by atoms with Gasteiger partial charge in [0.05, 0.1) is 7.11 Å². The van der Waals surface area contributed by atoms with E-state index in [1.165, 1.54) is 13.5 Å². The maximum absolute atomic E-state index is 15.1. The second-order valence-electron chi connectivity index (χ2n) is 19.1. The number of ketones is 1.